The minimum Gasteiger partial charge on any atom is -0.487 e. The van der Waals surface area contributed by atoms with Gasteiger partial charge >= 0.3 is 0 Å². The molecule has 0 amide bonds. The summed E-state index contributed by atoms with van der Waals surface area (Å²) in [6.07, 6.45) is 6.87. The lowest BCUT2D eigenvalue weighted by Gasteiger charge is -2.60. The summed E-state index contributed by atoms with van der Waals surface area (Å²) in [6.45, 7) is 0. The number of halogens is 1. The van der Waals surface area contributed by atoms with E-state index < -0.39 is 0 Å². The van der Waals surface area contributed by atoms with E-state index in [4.69, 9.17) is 10.5 Å². The first-order chi connectivity index (χ1) is 9.04. The lowest BCUT2D eigenvalue weighted by atomic mass is 9.51. The van der Waals surface area contributed by atoms with Crippen LogP contribution >= 0.6 is 0 Å². The number of nitrogens with two attached hydrogens (primary N) is 1. The van der Waals surface area contributed by atoms with Crippen LogP contribution in [-0.4, -0.2) is 11.1 Å². The summed E-state index contributed by atoms with van der Waals surface area (Å²) in [4.78, 5) is 0. The highest BCUT2D eigenvalue weighted by molar-refractivity contribution is 5.25. The van der Waals surface area contributed by atoms with Crippen molar-refractivity contribution in [1.82, 2.24) is 0 Å². The van der Waals surface area contributed by atoms with E-state index in [0.717, 1.165) is 49.7 Å². The largest absolute Gasteiger partial charge is 0.487 e. The van der Waals surface area contributed by atoms with E-state index >= 15 is 0 Å². The molecule has 0 aliphatic heterocycles. The second kappa shape index (κ2) is 3.72. The minimum absolute atomic E-state index is 0.00981. The summed E-state index contributed by atoms with van der Waals surface area (Å²) in [5.74, 6) is 2.03. The minimum atomic E-state index is -0.215. The van der Waals surface area contributed by atoms with E-state index in [0.29, 0.717) is 0 Å². The summed E-state index contributed by atoms with van der Waals surface area (Å²) in [5, 5.41) is 0. The third-order valence-corrected chi connectivity index (χ3v) is 5.20. The lowest BCUT2D eigenvalue weighted by molar-refractivity contribution is -0.117. The van der Waals surface area contributed by atoms with Crippen molar-refractivity contribution in [3.05, 3.63) is 30.1 Å². The van der Waals surface area contributed by atoms with Gasteiger partial charge in [-0.05, 0) is 68.2 Å². The van der Waals surface area contributed by atoms with Gasteiger partial charge in [0.2, 0.25) is 0 Å². The molecule has 3 heteroatoms. The highest BCUT2D eigenvalue weighted by atomic mass is 19.1. The second-order valence-electron chi connectivity index (χ2n) is 7.06. The normalized spacial score (nSPS) is 43.5. The van der Waals surface area contributed by atoms with Gasteiger partial charge in [-0.1, -0.05) is 0 Å². The van der Waals surface area contributed by atoms with Crippen molar-refractivity contribution in [2.24, 2.45) is 17.6 Å². The van der Waals surface area contributed by atoms with Crippen molar-refractivity contribution in [1.29, 1.82) is 0 Å². The van der Waals surface area contributed by atoms with Crippen molar-refractivity contribution >= 4 is 0 Å². The van der Waals surface area contributed by atoms with Crippen LogP contribution in [0, 0.1) is 17.7 Å². The smallest absolute Gasteiger partial charge is 0.123 e. The molecule has 2 nitrogen and oxygen atoms in total. The molecular formula is C16H20FNO. The van der Waals surface area contributed by atoms with Crippen LogP contribution in [0.3, 0.4) is 0 Å². The molecule has 4 aliphatic rings. The summed E-state index contributed by atoms with van der Waals surface area (Å²) >= 11 is 0. The van der Waals surface area contributed by atoms with Gasteiger partial charge in [0.15, 0.2) is 0 Å². The Labute approximate surface area is 113 Å². The maximum Gasteiger partial charge on any atom is 0.123 e. The van der Waals surface area contributed by atoms with E-state index in [1.807, 2.05) is 0 Å². The zero-order valence-corrected chi connectivity index (χ0v) is 11.1. The van der Waals surface area contributed by atoms with Crippen LogP contribution in [0.25, 0.3) is 0 Å². The molecule has 1 aromatic rings. The summed E-state index contributed by atoms with van der Waals surface area (Å²) in [5.41, 5.74) is 6.45. The first kappa shape index (κ1) is 11.7. The number of hydrogen-bond donors (Lipinski definition) is 1. The van der Waals surface area contributed by atoms with Crippen molar-refractivity contribution in [2.75, 3.05) is 0 Å². The molecular weight excluding hydrogens is 241 g/mol. The topological polar surface area (TPSA) is 35.2 Å². The van der Waals surface area contributed by atoms with Crippen LogP contribution in [0.5, 0.6) is 5.75 Å². The molecule has 0 saturated heterocycles. The number of hydrogen-bond acceptors (Lipinski definition) is 2. The van der Waals surface area contributed by atoms with Crippen molar-refractivity contribution in [2.45, 2.75) is 49.7 Å². The van der Waals surface area contributed by atoms with Crippen LogP contribution in [0.15, 0.2) is 24.3 Å². The fourth-order valence-corrected chi connectivity index (χ4v) is 5.12. The standard InChI is InChI=1S/C16H20FNO/c17-13-1-3-14(4-2-13)19-16-8-11-5-12(9-16)7-15(18,6-11)10-16/h1-4,11-12H,5-10,18H2. The Morgan fingerprint density at radius 3 is 2.26 bits per heavy atom. The van der Waals surface area contributed by atoms with Crippen molar-refractivity contribution in [3.63, 3.8) is 0 Å². The average molecular weight is 261 g/mol. The Balaban J connectivity index is 1.61. The van der Waals surface area contributed by atoms with Crippen LogP contribution in [-0.2, 0) is 0 Å². The maximum absolute atomic E-state index is 13.0. The lowest BCUT2D eigenvalue weighted by Crippen LogP contribution is -2.64. The van der Waals surface area contributed by atoms with Gasteiger partial charge in [-0.25, -0.2) is 4.39 Å². The fraction of sp³-hybridized carbons (Fsp3) is 0.625. The Morgan fingerprint density at radius 1 is 1.05 bits per heavy atom. The van der Waals surface area contributed by atoms with Crippen LogP contribution in [0.4, 0.5) is 4.39 Å². The first-order valence-electron chi connectivity index (χ1n) is 7.28. The van der Waals surface area contributed by atoms with Gasteiger partial charge in [0.05, 0.1) is 0 Å². The molecule has 4 saturated carbocycles. The molecule has 5 rings (SSSR count). The molecule has 102 valence electrons. The number of ether oxygens (including phenoxy) is 1. The van der Waals surface area contributed by atoms with Gasteiger partial charge in [0.25, 0.3) is 0 Å². The highest BCUT2D eigenvalue weighted by Gasteiger charge is 2.57. The molecule has 2 atom stereocenters. The molecule has 4 bridgehead atoms. The number of benzene rings is 1. The quantitative estimate of drug-likeness (QED) is 0.887. The van der Waals surface area contributed by atoms with Crippen LogP contribution < -0.4 is 10.5 Å². The first-order valence-corrected chi connectivity index (χ1v) is 7.28. The van der Waals surface area contributed by atoms with Gasteiger partial charge in [0.1, 0.15) is 17.2 Å². The Hall–Kier alpha value is -1.09. The van der Waals surface area contributed by atoms with E-state index in [1.54, 1.807) is 12.1 Å². The molecule has 4 fully saturated rings. The fourth-order valence-electron chi connectivity index (χ4n) is 5.12. The summed E-state index contributed by atoms with van der Waals surface area (Å²) in [7, 11) is 0. The molecule has 0 heterocycles. The molecule has 2 N–H and O–H groups in total. The summed E-state index contributed by atoms with van der Waals surface area (Å²) in [6, 6.07) is 6.40. The van der Waals surface area contributed by atoms with Gasteiger partial charge in [-0.2, -0.15) is 0 Å². The predicted molar refractivity (Wildman–Crippen MR) is 71.4 cm³/mol. The second-order valence-corrected chi connectivity index (χ2v) is 7.06. The van der Waals surface area contributed by atoms with E-state index in [9.17, 15) is 4.39 Å². The SMILES string of the molecule is NC12CC3CC(C1)CC(Oc1ccc(F)cc1)(C3)C2. The van der Waals surface area contributed by atoms with Gasteiger partial charge in [-0.15, -0.1) is 0 Å². The zero-order chi connectivity index (χ0) is 13.1. The molecule has 0 radical (unpaired) electrons. The van der Waals surface area contributed by atoms with Gasteiger partial charge < -0.3 is 10.5 Å². The summed E-state index contributed by atoms with van der Waals surface area (Å²) < 4.78 is 19.3. The third kappa shape index (κ3) is 1.95. The molecule has 4 aliphatic carbocycles. The Morgan fingerprint density at radius 2 is 1.68 bits per heavy atom. The van der Waals surface area contributed by atoms with Crippen LogP contribution in [0.1, 0.15) is 38.5 Å². The number of rotatable bonds is 2. The highest BCUT2D eigenvalue weighted by Crippen LogP contribution is 2.57. The van der Waals surface area contributed by atoms with Gasteiger partial charge in [-0.3, -0.25) is 0 Å². The molecule has 0 spiro atoms. The Bertz CT molecular complexity index is 484. The molecule has 0 aromatic heterocycles. The maximum atomic E-state index is 13.0. The van der Waals surface area contributed by atoms with E-state index in [2.05, 4.69) is 0 Å². The van der Waals surface area contributed by atoms with Crippen molar-refractivity contribution < 1.29 is 9.13 Å². The molecule has 2 unspecified atom stereocenters. The van der Waals surface area contributed by atoms with E-state index in [1.165, 1.54) is 18.6 Å². The van der Waals surface area contributed by atoms with Gasteiger partial charge in [0, 0.05) is 12.0 Å². The monoisotopic (exact) mass is 261 g/mol. The van der Waals surface area contributed by atoms with E-state index in [-0.39, 0.29) is 17.0 Å². The molecule has 19 heavy (non-hydrogen) atoms. The zero-order valence-electron chi connectivity index (χ0n) is 11.1. The predicted octanol–water partition coefficient (Wildman–Crippen LogP) is 3.25. The molecule has 1 aromatic carbocycles. The van der Waals surface area contributed by atoms with Crippen LogP contribution in [0.2, 0.25) is 0 Å². The third-order valence-electron chi connectivity index (χ3n) is 5.20. The average Bonchev–Trinajstić information content (AvgIpc) is 2.28. The Kier molecular flexibility index (Phi) is 2.29. The van der Waals surface area contributed by atoms with Crippen molar-refractivity contribution in [3.8, 4) is 5.75 Å².